The lowest BCUT2D eigenvalue weighted by atomic mass is 10.1. The molecule has 108 valence electrons. The van der Waals surface area contributed by atoms with Gasteiger partial charge >= 0.3 is 0 Å². The molecule has 3 aromatic rings. The highest BCUT2D eigenvalue weighted by Gasteiger charge is 2.08. The third-order valence-electron chi connectivity index (χ3n) is 3.47. The number of oxazole rings is 1. The standard InChI is InChI=1S/C17H19N3O/c1-2-3-5-12-8-10-13(11-9-12)19-17-20-16-14(18)6-4-7-15(16)21-17/h4,6-11H,2-3,5,18H2,1H3,(H,19,20). The van der Waals surface area contributed by atoms with Crippen LogP contribution in [0.5, 0.6) is 0 Å². The molecule has 3 N–H and O–H groups in total. The van der Waals surface area contributed by atoms with Crippen LogP contribution in [0.3, 0.4) is 0 Å². The Morgan fingerprint density at radius 3 is 2.67 bits per heavy atom. The number of aromatic nitrogens is 1. The van der Waals surface area contributed by atoms with E-state index in [1.54, 1.807) is 0 Å². The molecule has 0 amide bonds. The van der Waals surface area contributed by atoms with Gasteiger partial charge in [0.1, 0.15) is 5.52 Å². The number of hydrogen-bond donors (Lipinski definition) is 2. The first-order valence-corrected chi connectivity index (χ1v) is 7.27. The van der Waals surface area contributed by atoms with Crippen molar-refractivity contribution in [2.75, 3.05) is 11.1 Å². The number of unbranched alkanes of at least 4 members (excludes halogenated alkanes) is 1. The summed E-state index contributed by atoms with van der Waals surface area (Å²) in [6.07, 6.45) is 3.55. The van der Waals surface area contributed by atoms with Gasteiger partial charge in [0, 0.05) is 5.69 Å². The quantitative estimate of drug-likeness (QED) is 0.676. The summed E-state index contributed by atoms with van der Waals surface area (Å²) in [4.78, 5) is 4.38. The average molecular weight is 281 g/mol. The van der Waals surface area contributed by atoms with Crippen molar-refractivity contribution < 1.29 is 4.42 Å². The Morgan fingerprint density at radius 1 is 1.14 bits per heavy atom. The minimum absolute atomic E-state index is 0.462. The van der Waals surface area contributed by atoms with Crippen molar-refractivity contribution in [3.63, 3.8) is 0 Å². The number of para-hydroxylation sites is 1. The third kappa shape index (κ3) is 2.99. The van der Waals surface area contributed by atoms with Crippen molar-refractivity contribution in [2.24, 2.45) is 0 Å². The number of rotatable bonds is 5. The SMILES string of the molecule is CCCCc1ccc(Nc2nc3c(N)cccc3o2)cc1. The van der Waals surface area contributed by atoms with Crippen molar-refractivity contribution in [1.82, 2.24) is 4.98 Å². The molecule has 0 aliphatic carbocycles. The van der Waals surface area contributed by atoms with Crippen LogP contribution in [-0.2, 0) is 6.42 Å². The minimum atomic E-state index is 0.462. The lowest BCUT2D eigenvalue weighted by molar-refractivity contribution is 0.623. The molecule has 0 radical (unpaired) electrons. The number of nitrogen functional groups attached to an aromatic ring is 1. The van der Waals surface area contributed by atoms with Crippen LogP contribution in [0, 0.1) is 0 Å². The molecular weight excluding hydrogens is 262 g/mol. The predicted molar refractivity (Wildman–Crippen MR) is 86.8 cm³/mol. The highest BCUT2D eigenvalue weighted by molar-refractivity contribution is 5.86. The fourth-order valence-electron chi connectivity index (χ4n) is 2.28. The predicted octanol–water partition coefficient (Wildman–Crippen LogP) is 4.50. The van der Waals surface area contributed by atoms with Gasteiger partial charge in [-0.3, -0.25) is 0 Å². The first kappa shape index (κ1) is 13.5. The molecule has 3 rings (SSSR count). The number of aryl methyl sites for hydroxylation is 1. The minimum Gasteiger partial charge on any atom is -0.423 e. The number of benzene rings is 2. The van der Waals surface area contributed by atoms with Crippen LogP contribution >= 0.6 is 0 Å². The van der Waals surface area contributed by atoms with Gasteiger partial charge in [0.05, 0.1) is 5.69 Å². The van der Waals surface area contributed by atoms with E-state index >= 15 is 0 Å². The highest BCUT2D eigenvalue weighted by Crippen LogP contribution is 2.25. The molecule has 4 nitrogen and oxygen atoms in total. The van der Waals surface area contributed by atoms with E-state index < -0.39 is 0 Å². The summed E-state index contributed by atoms with van der Waals surface area (Å²) < 4.78 is 5.65. The zero-order valence-electron chi connectivity index (χ0n) is 12.1. The van der Waals surface area contributed by atoms with E-state index in [0.717, 1.165) is 12.1 Å². The zero-order chi connectivity index (χ0) is 14.7. The van der Waals surface area contributed by atoms with Crippen LogP contribution < -0.4 is 11.1 Å². The van der Waals surface area contributed by atoms with E-state index in [9.17, 15) is 0 Å². The average Bonchev–Trinajstić information content (AvgIpc) is 2.91. The van der Waals surface area contributed by atoms with Crippen molar-refractivity contribution in [2.45, 2.75) is 26.2 Å². The van der Waals surface area contributed by atoms with E-state index in [1.165, 1.54) is 18.4 Å². The van der Waals surface area contributed by atoms with E-state index in [4.69, 9.17) is 10.2 Å². The number of nitrogens with zero attached hydrogens (tertiary/aromatic N) is 1. The van der Waals surface area contributed by atoms with E-state index in [0.29, 0.717) is 22.8 Å². The summed E-state index contributed by atoms with van der Waals surface area (Å²) in [5, 5.41) is 3.17. The largest absolute Gasteiger partial charge is 0.423 e. The monoisotopic (exact) mass is 281 g/mol. The van der Waals surface area contributed by atoms with Crippen LogP contribution in [0.15, 0.2) is 46.9 Å². The van der Waals surface area contributed by atoms with E-state index in [-0.39, 0.29) is 0 Å². The van der Waals surface area contributed by atoms with Gasteiger partial charge in [-0.05, 0) is 42.7 Å². The lowest BCUT2D eigenvalue weighted by Crippen LogP contribution is -1.91. The van der Waals surface area contributed by atoms with Gasteiger partial charge in [-0.2, -0.15) is 4.98 Å². The molecule has 0 bridgehead atoms. The molecule has 0 saturated carbocycles. The number of anilines is 3. The van der Waals surface area contributed by atoms with Crippen molar-refractivity contribution in [3.05, 3.63) is 48.0 Å². The summed E-state index contributed by atoms with van der Waals surface area (Å²) in [5.74, 6) is 0. The summed E-state index contributed by atoms with van der Waals surface area (Å²) in [5.41, 5.74) is 10.2. The maximum absolute atomic E-state index is 5.88. The second-order valence-electron chi connectivity index (χ2n) is 5.14. The Bertz CT molecular complexity index is 731. The molecule has 0 aliphatic heterocycles. The van der Waals surface area contributed by atoms with Gasteiger partial charge in [0.25, 0.3) is 6.01 Å². The Balaban J connectivity index is 1.77. The number of fused-ring (bicyclic) bond motifs is 1. The first-order valence-electron chi connectivity index (χ1n) is 7.27. The number of hydrogen-bond acceptors (Lipinski definition) is 4. The van der Waals surface area contributed by atoms with Crippen LogP contribution in [-0.4, -0.2) is 4.98 Å². The molecule has 1 heterocycles. The van der Waals surface area contributed by atoms with Crippen molar-refractivity contribution >= 4 is 28.5 Å². The topological polar surface area (TPSA) is 64.1 Å². The number of nitrogens with two attached hydrogens (primary N) is 1. The van der Waals surface area contributed by atoms with Gasteiger partial charge in [-0.15, -0.1) is 0 Å². The van der Waals surface area contributed by atoms with Gasteiger partial charge in [-0.1, -0.05) is 31.5 Å². The Hall–Kier alpha value is -2.49. The van der Waals surface area contributed by atoms with Gasteiger partial charge < -0.3 is 15.5 Å². The maximum atomic E-state index is 5.88. The van der Waals surface area contributed by atoms with Crippen molar-refractivity contribution in [1.29, 1.82) is 0 Å². The molecule has 2 aromatic carbocycles. The normalized spacial score (nSPS) is 10.9. The van der Waals surface area contributed by atoms with Crippen LogP contribution in [0.4, 0.5) is 17.4 Å². The van der Waals surface area contributed by atoms with Gasteiger partial charge in [-0.25, -0.2) is 0 Å². The Kier molecular flexibility index (Phi) is 3.77. The Labute approximate surface area is 124 Å². The summed E-state index contributed by atoms with van der Waals surface area (Å²) in [6.45, 7) is 2.20. The summed E-state index contributed by atoms with van der Waals surface area (Å²) in [7, 11) is 0. The molecule has 0 saturated heterocycles. The molecule has 0 unspecified atom stereocenters. The second kappa shape index (κ2) is 5.87. The smallest absolute Gasteiger partial charge is 0.300 e. The van der Waals surface area contributed by atoms with E-state index in [2.05, 4.69) is 29.4 Å². The fourth-order valence-corrected chi connectivity index (χ4v) is 2.28. The second-order valence-corrected chi connectivity index (χ2v) is 5.14. The first-order chi connectivity index (χ1) is 10.3. The molecule has 4 heteroatoms. The Morgan fingerprint density at radius 2 is 1.95 bits per heavy atom. The van der Waals surface area contributed by atoms with Crippen LogP contribution in [0.1, 0.15) is 25.3 Å². The zero-order valence-corrected chi connectivity index (χ0v) is 12.1. The van der Waals surface area contributed by atoms with Crippen LogP contribution in [0.2, 0.25) is 0 Å². The van der Waals surface area contributed by atoms with Crippen LogP contribution in [0.25, 0.3) is 11.1 Å². The van der Waals surface area contributed by atoms with Gasteiger partial charge in [0.2, 0.25) is 0 Å². The summed E-state index contributed by atoms with van der Waals surface area (Å²) >= 11 is 0. The molecule has 0 spiro atoms. The maximum Gasteiger partial charge on any atom is 0.300 e. The van der Waals surface area contributed by atoms with Gasteiger partial charge in [0.15, 0.2) is 5.58 Å². The van der Waals surface area contributed by atoms with E-state index in [1.807, 2.05) is 30.3 Å². The molecular formula is C17H19N3O. The van der Waals surface area contributed by atoms with Crippen molar-refractivity contribution in [3.8, 4) is 0 Å². The highest BCUT2D eigenvalue weighted by atomic mass is 16.4. The molecule has 1 aromatic heterocycles. The molecule has 21 heavy (non-hydrogen) atoms. The third-order valence-corrected chi connectivity index (χ3v) is 3.47. The fraction of sp³-hybridized carbons (Fsp3) is 0.235. The molecule has 0 aliphatic rings. The number of nitrogens with one attached hydrogen (secondary N) is 1. The summed E-state index contributed by atoms with van der Waals surface area (Å²) in [6, 6.07) is 14.4. The molecule has 0 fully saturated rings. The lowest BCUT2D eigenvalue weighted by Gasteiger charge is -2.03. The molecule has 0 atom stereocenters.